The maximum atomic E-state index is 12.5. The van der Waals surface area contributed by atoms with Gasteiger partial charge in [-0.3, -0.25) is 14.5 Å². The standard InChI is InChI=1S/C25H27ClN4O4/c1-16-4-3-5-17(2)24(16)28-22(31)14-29-8-10-30(11-9-29)23(32)15-34-25(33)21-13-18-12-19(26)6-7-20(18)27-21/h3-7,12-13,27H,8-11,14-15H2,1-2H3,(H,28,31). The average Bonchev–Trinajstić information content (AvgIpc) is 3.23. The van der Waals surface area contributed by atoms with Gasteiger partial charge in [-0.1, -0.05) is 29.8 Å². The van der Waals surface area contributed by atoms with Crippen LogP contribution in [-0.4, -0.2) is 71.9 Å². The lowest BCUT2D eigenvalue weighted by molar-refractivity contribution is -0.136. The number of ether oxygens (including phenoxy) is 1. The number of nitrogens with one attached hydrogen (secondary N) is 2. The minimum atomic E-state index is -0.595. The van der Waals surface area contributed by atoms with Crippen LogP contribution in [0.15, 0.2) is 42.5 Å². The number of aromatic amines is 1. The van der Waals surface area contributed by atoms with Gasteiger partial charge in [-0.15, -0.1) is 0 Å². The van der Waals surface area contributed by atoms with Crippen molar-refractivity contribution in [2.24, 2.45) is 0 Å². The number of para-hydroxylation sites is 1. The number of aromatic nitrogens is 1. The zero-order chi connectivity index (χ0) is 24.2. The predicted molar refractivity (Wildman–Crippen MR) is 131 cm³/mol. The Morgan fingerprint density at radius 1 is 1.03 bits per heavy atom. The van der Waals surface area contributed by atoms with Crippen LogP contribution >= 0.6 is 11.6 Å². The molecule has 0 unspecified atom stereocenters. The first kappa shape index (κ1) is 23.8. The Hall–Kier alpha value is -3.36. The molecule has 3 aromatic rings. The highest BCUT2D eigenvalue weighted by molar-refractivity contribution is 6.31. The highest BCUT2D eigenvalue weighted by atomic mass is 35.5. The molecule has 1 fully saturated rings. The van der Waals surface area contributed by atoms with E-state index >= 15 is 0 Å². The van der Waals surface area contributed by atoms with Crippen molar-refractivity contribution in [3.8, 4) is 0 Å². The first-order valence-corrected chi connectivity index (χ1v) is 11.5. The molecular formula is C25H27ClN4O4. The number of halogens is 1. The number of H-pyrrole nitrogens is 1. The average molecular weight is 483 g/mol. The molecule has 0 bridgehead atoms. The molecule has 1 aliphatic heterocycles. The monoisotopic (exact) mass is 482 g/mol. The van der Waals surface area contributed by atoms with Gasteiger partial charge in [0.25, 0.3) is 5.91 Å². The maximum absolute atomic E-state index is 12.5. The zero-order valence-corrected chi connectivity index (χ0v) is 19.9. The molecule has 2 N–H and O–H groups in total. The van der Waals surface area contributed by atoms with E-state index in [1.54, 1.807) is 29.2 Å². The van der Waals surface area contributed by atoms with E-state index in [9.17, 15) is 14.4 Å². The SMILES string of the molecule is Cc1cccc(C)c1NC(=O)CN1CCN(C(=O)COC(=O)c2cc3cc(Cl)ccc3[nH]2)CC1. The first-order chi connectivity index (χ1) is 16.3. The largest absolute Gasteiger partial charge is 0.451 e. The Labute approximate surface area is 202 Å². The molecule has 1 aliphatic rings. The van der Waals surface area contributed by atoms with Gasteiger partial charge in [-0.25, -0.2) is 4.79 Å². The van der Waals surface area contributed by atoms with Crippen molar-refractivity contribution in [3.05, 3.63) is 64.3 Å². The fourth-order valence-corrected chi connectivity index (χ4v) is 4.24. The third-order valence-electron chi connectivity index (χ3n) is 5.97. The van der Waals surface area contributed by atoms with Crippen LogP contribution in [-0.2, 0) is 14.3 Å². The number of carbonyl (C=O) groups is 3. The molecule has 0 saturated carbocycles. The normalized spacial score (nSPS) is 14.3. The van der Waals surface area contributed by atoms with Crippen molar-refractivity contribution < 1.29 is 19.1 Å². The smallest absolute Gasteiger partial charge is 0.355 e. The summed E-state index contributed by atoms with van der Waals surface area (Å²) < 4.78 is 5.21. The summed E-state index contributed by atoms with van der Waals surface area (Å²) in [5, 5.41) is 4.36. The zero-order valence-electron chi connectivity index (χ0n) is 19.2. The van der Waals surface area contributed by atoms with Crippen LogP contribution < -0.4 is 5.32 Å². The van der Waals surface area contributed by atoms with Crippen molar-refractivity contribution in [1.82, 2.24) is 14.8 Å². The van der Waals surface area contributed by atoms with Crippen LogP contribution in [0.4, 0.5) is 5.69 Å². The predicted octanol–water partition coefficient (Wildman–Crippen LogP) is 3.38. The van der Waals surface area contributed by atoms with Crippen LogP contribution in [0, 0.1) is 13.8 Å². The summed E-state index contributed by atoms with van der Waals surface area (Å²) in [6.07, 6.45) is 0. The molecule has 4 rings (SSSR count). The van der Waals surface area contributed by atoms with E-state index in [0.717, 1.165) is 27.7 Å². The molecule has 0 atom stereocenters. The Balaban J connectivity index is 1.22. The molecule has 1 aromatic heterocycles. The molecule has 8 nitrogen and oxygen atoms in total. The van der Waals surface area contributed by atoms with Crippen LogP contribution in [0.5, 0.6) is 0 Å². The van der Waals surface area contributed by atoms with Gasteiger partial charge in [0.05, 0.1) is 6.54 Å². The molecule has 0 aliphatic carbocycles. The van der Waals surface area contributed by atoms with Crippen molar-refractivity contribution in [1.29, 1.82) is 0 Å². The summed E-state index contributed by atoms with van der Waals surface area (Å²) >= 11 is 5.98. The number of aryl methyl sites for hydroxylation is 2. The minimum absolute atomic E-state index is 0.0780. The van der Waals surface area contributed by atoms with Crippen LogP contribution in [0.2, 0.25) is 5.02 Å². The third-order valence-corrected chi connectivity index (χ3v) is 6.20. The Kier molecular flexibility index (Phi) is 7.19. The number of carbonyl (C=O) groups excluding carboxylic acids is 3. The van der Waals surface area contributed by atoms with Crippen molar-refractivity contribution in [2.45, 2.75) is 13.8 Å². The topological polar surface area (TPSA) is 94.7 Å². The number of esters is 1. The van der Waals surface area contributed by atoms with Gasteiger partial charge in [-0.05, 0) is 49.2 Å². The van der Waals surface area contributed by atoms with E-state index in [2.05, 4.69) is 10.3 Å². The fraction of sp³-hybridized carbons (Fsp3) is 0.320. The number of benzene rings is 2. The summed E-state index contributed by atoms with van der Waals surface area (Å²) in [7, 11) is 0. The van der Waals surface area contributed by atoms with Gasteiger partial charge in [0.15, 0.2) is 6.61 Å². The van der Waals surface area contributed by atoms with E-state index in [-0.39, 0.29) is 30.7 Å². The van der Waals surface area contributed by atoms with E-state index in [1.807, 2.05) is 36.9 Å². The van der Waals surface area contributed by atoms with E-state index < -0.39 is 5.97 Å². The molecule has 1 saturated heterocycles. The summed E-state index contributed by atoms with van der Waals surface area (Å²) in [4.78, 5) is 44.0. The molecule has 2 aromatic carbocycles. The molecule has 178 valence electrons. The molecule has 9 heteroatoms. The highest BCUT2D eigenvalue weighted by Gasteiger charge is 2.24. The lowest BCUT2D eigenvalue weighted by atomic mass is 10.1. The van der Waals surface area contributed by atoms with E-state index in [1.165, 1.54) is 0 Å². The second-order valence-electron chi connectivity index (χ2n) is 8.46. The fourth-order valence-electron chi connectivity index (χ4n) is 4.06. The minimum Gasteiger partial charge on any atom is -0.451 e. The van der Waals surface area contributed by atoms with Gasteiger partial charge in [-0.2, -0.15) is 0 Å². The highest BCUT2D eigenvalue weighted by Crippen LogP contribution is 2.21. The molecule has 0 spiro atoms. The Morgan fingerprint density at radius 3 is 2.44 bits per heavy atom. The number of hydrogen-bond acceptors (Lipinski definition) is 5. The Bertz CT molecular complexity index is 1210. The molecule has 34 heavy (non-hydrogen) atoms. The molecule has 2 heterocycles. The Morgan fingerprint density at radius 2 is 1.74 bits per heavy atom. The van der Waals surface area contributed by atoms with Gasteiger partial charge in [0, 0.05) is 47.8 Å². The van der Waals surface area contributed by atoms with Crippen LogP contribution in [0.1, 0.15) is 21.6 Å². The molecule has 2 amide bonds. The van der Waals surface area contributed by atoms with Gasteiger partial charge >= 0.3 is 5.97 Å². The molecule has 0 radical (unpaired) electrons. The van der Waals surface area contributed by atoms with Crippen LogP contribution in [0.3, 0.4) is 0 Å². The number of rotatable bonds is 6. The van der Waals surface area contributed by atoms with Crippen molar-refractivity contribution in [2.75, 3.05) is 44.6 Å². The third kappa shape index (κ3) is 5.58. The van der Waals surface area contributed by atoms with Gasteiger partial charge in [0.2, 0.25) is 5.91 Å². The number of anilines is 1. The lowest BCUT2D eigenvalue weighted by Gasteiger charge is -2.34. The molecular weight excluding hydrogens is 456 g/mol. The number of nitrogens with zero attached hydrogens (tertiary/aromatic N) is 2. The summed E-state index contributed by atoms with van der Waals surface area (Å²) in [5.74, 6) is -0.930. The van der Waals surface area contributed by atoms with Gasteiger partial charge in [0.1, 0.15) is 5.69 Å². The van der Waals surface area contributed by atoms with Crippen molar-refractivity contribution >= 4 is 46.0 Å². The van der Waals surface area contributed by atoms with Crippen molar-refractivity contribution in [3.63, 3.8) is 0 Å². The number of hydrogen-bond donors (Lipinski definition) is 2. The number of piperazine rings is 1. The first-order valence-electron chi connectivity index (χ1n) is 11.1. The van der Waals surface area contributed by atoms with E-state index in [0.29, 0.717) is 31.2 Å². The van der Waals surface area contributed by atoms with Gasteiger partial charge < -0.3 is 19.9 Å². The second kappa shape index (κ2) is 10.3. The number of amides is 2. The number of fused-ring (bicyclic) bond motifs is 1. The summed E-state index contributed by atoms with van der Waals surface area (Å²) in [6, 6.07) is 12.8. The summed E-state index contributed by atoms with van der Waals surface area (Å²) in [6.45, 7) is 5.94. The van der Waals surface area contributed by atoms with Crippen LogP contribution in [0.25, 0.3) is 10.9 Å². The maximum Gasteiger partial charge on any atom is 0.355 e. The quantitative estimate of drug-likeness (QED) is 0.525. The summed E-state index contributed by atoms with van der Waals surface area (Å²) in [5.41, 5.74) is 3.93. The second-order valence-corrected chi connectivity index (χ2v) is 8.90. The van der Waals surface area contributed by atoms with E-state index in [4.69, 9.17) is 16.3 Å². The lowest BCUT2D eigenvalue weighted by Crippen LogP contribution is -2.51.